The SMILES string of the molecule is CC#Cc1oc2c(NC3CCN(C(=O)CN(C)C)CC3)cccc2c1CC(F)F. The molecule has 1 saturated heterocycles. The van der Waals surface area contributed by atoms with E-state index in [2.05, 4.69) is 17.2 Å². The number of likely N-dealkylation sites (tertiary alicyclic amines) is 1. The Hall–Kier alpha value is -2.59. The Labute approximate surface area is 170 Å². The Kier molecular flexibility index (Phi) is 6.75. The van der Waals surface area contributed by atoms with Gasteiger partial charge in [-0.25, -0.2) is 8.78 Å². The number of anilines is 1. The minimum absolute atomic E-state index is 0.140. The van der Waals surface area contributed by atoms with Gasteiger partial charge >= 0.3 is 0 Å². The number of hydrogen-bond donors (Lipinski definition) is 1. The molecule has 0 spiro atoms. The van der Waals surface area contributed by atoms with Crippen LogP contribution in [0, 0.1) is 11.8 Å². The number of furan rings is 1. The predicted octanol–water partition coefficient (Wildman–Crippen LogP) is 3.58. The van der Waals surface area contributed by atoms with Gasteiger partial charge in [-0.2, -0.15) is 0 Å². The fourth-order valence-corrected chi connectivity index (χ4v) is 3.72. The molecule has 0 atom stereocenters. The van der Waals surface area contributed by atoms with Crippen LogP contribution in [0.2, 0.25) is 0 Å². The van der Waals surface area contributed by atoms with Gasteiger partial charge in [0.05, 0.1) is 12.2 Å². The van der Waals surface area contributed by atoms with Crippen LogP contribution in [0.3, 0.4) is 0 Å². The number of rotatable bonds is 6. The Bertz CT molecular complexity index is 919. The molecule has 1 fully saturated rings. The third-order valence-electron chi connectivity index (χ3n) is 5.07. The van der Waals surface area contributed by atoms with Gasteiger partial charge in [0.1, 0.15) is 0 Å². The monoisotopic (exact) mass is 403 g/mol. The van der Waals surface area contributed by atoms with Crippen molar-refractivity contribution < 1.29 is 18.0 Å². The Morgan fingerprint density at radius 1 is 1.34 bits per heavy atom. The number of carbonyl (C=O) groups is 1. The van der Waals surface area contributed by atoms with Crippen molar-refractivity contribution in [3.8, 4) is 11.8 Å². The highest BCUT2D eigenvalue weighted by molar-refractivity contribution is 5.93. The summed E-state index contributed by atoms with van der Waals surface area (Å²) in [5.74, 6) is 5.99. The highest BCUT2D eigenvalue weighted by atomic mass is 19.3. The molecule has 0 aliphatic carbocycles. The molecule has 1 aliphatic heterocycles. The molecule has 1 aromatic carbocycles. The van der Waals surface area contributed by atoms with Gasteiger partial charge in [-0.3, -0.25) is 4.79 Å². The van der Waals surface area contributed by atoms with Crippen LogP contribution in [-0.4, -0.2) is 61.9 Å². The zero-order valence-electron chi connectivity index (χ0n) is 17.1. The normalized spacial score (nSPS) is 15.1. The van der Waals surface area contributed by atoms with Gasteiger partial charge in [0.2, 0.25) is 12.3 Å². The number of nitrogens with one attached hydrogen (secondary N) is 1. The molecule has 2 aromatic rings. The third-order valence-corrected chi connectivity index (χ3v) is 5.07. The van der Waals surface area contributed by atoms with E-state index in [0.29, 0.717) is 41.9 Å². The molecule has 29 heavy (non-hydrogen) atoms. The van der Waals surface area contributed by atoms with E-state index in [0.717, 1.165) is 18.5 Å². The molecule has 1 amide bonds. The molecule has 0 saturated carbocycles. The minimum atomic E-state index is -2.46. The van der Waals surface area contributed by atoms with E-state index >= 15 is 0 Å². The number of alkyl halides is 2. The highest BCUT2D eigenvalue weighted by Crippen LogP contribution is 2.33. The lowest BCUT2D eigenvalue weighted by molar-refractivity contribution is -0.132. The molecule has 0 unspecified atom stereocenters. The van der Waals surface area contributed by atoms with Crippen molar-refractivity contribution >= 4 is 22.6 Å². The first-order valence-corrected chi connectivity index (χ1v) is 9.83. The van der Waals surface area contributed by atoms with Crippen molar-refractivity contribution in [1.82, 2.24) is 9.80 Å². The molecule has 2 heterocycles. The van der Waals surface area contributed by atoms with E-state index in [9.17, 15) is 13.6 Å². The summed E-state index contributed by atoms with van der Waals surface area (Å²) in [4.78, 5) is 16.0. The summed E-state index contributed by atoms with van der Waals surface area (Å²) in [5, 5.41) is 4.16. The predicted molar refractivity (Wildman–Crippen MR) is 110 cm³/mol. The maximum Gasteiger partial charge on any atom is 0.242 e. The van der Waals surface area contributed by atoms with Crippen molar-refractivity contribution in [2.45, 2.75) is 38.7 Å². The molecule has 0 bridgehead atoms. The van der Waals surface area contributed by atoms with Crippen LogP contribution in [0.15, 0.2) is 22.6 Å². The number of piperidine rings is 1. The van der Waals surface area contributed by atoms with Crippen molar-refractivity contribution in [3.63, 3.8) is 0 Å². The number of hydrogen-bond acceptors (Lipinski definition) is 4. The maximum atomic E-state index is 13.1. The van der Waals surface area contributed by atoms with Gasteiger partial charge in [0, 0.05) is 36.5 Å². The molecule has 3 rings (SSSR count). The first-order chi connectivity index (χ1) is 13.9. The third kappa shape index (κ3) is 5.07. The minimum Gasteiger partial charge on any atom is -0.445 e. The average Bonchev–Trinajstić information content (AvgIpc) is 3.00. The van der Waals surface area contributed by atoms with E-state index in [1.165, 1.54) is 0 Å². The molecule has 1 aromatic heterocycles. The largest absolute Gasteiger partial charge is 0.445 e. The summed E-state index contributed by atoms with van der Waals surface area (Å²) in [7, 11) is 3.77. The van der Waals surface area contributed by atoms with E-state index in [1.54, 1.807) is 13.0 Å². The van der Waals surface area contributed by atoms with E-state index < -0.39 is 6.43 Å². The van der Waals surface area contributed by atoms with Crippen LogP contribution in [0.1, 0.15) is 31.1 Å². The topological polar surface area (TPSA) is 48.7 Å². The first kappa shape index (κ1) is 21.1. The Balaban J connectivity index is 1.76. The van der Waals surface area contributed by atoms with Crippen LogP contribution in [-0.2, 0) is 11.2 Å². The summed E-state index contributed by atoms with van der Waals surface area (Å²) < 4.78 is 32.0. The number of carbonyl (C=O) groups excluding carboxylic acids is 1. The lowest BCUT2D eigenvalue weighted by Gasteiger charge is -2.33. The summed E-state index contributed by atoms with van der Waals surface area (Å²) in [6, 6.07) is 5.72. The second kappa shape index (κ2) is 9.27. The second-order valence-electron chi connectivity index (χ2n) is 7.60. The van der Waals surface area contributed by atoms with Crippen molar-refractivity contribution in [2.75, 3.05) is 39.0 Å². The summed E-state index contributed by atoms with van der Waals surface area (Å²) in [6.07, 6.45) is -1.20. The van der Waals surface area contributed by atoms with Crippen LogP contribution in [0.25, 0.3) is 11.0 Å². The molecule has 156 valence electrons. The number of likely N-dealkylation sites (N-methyl/N-ethyl adjacent to an activating group) is 1. The van der Waals surface area contributed by atoms with E-state index in [1.807, 2.05) is 36.0 Å². The van der Waals surface area contributed by atoms with Gasteiger partial charge in [0.25, 0.3) is 0 Å². The highest BCUT2D eigenvalue weighted by Gasteiger charge is 2.24. The van der Waals surface area contributed by atoms with Crippen molar-refractivity contribution in [3.05, 3.63) is 29.5 Å². The number of nitrogens with zero attached hydrogens (tertiary/aromatic N) is 2. The number of fused-ring (bicyclic) bond motifs is 1. The quantitative estimate of drug-likeness (QED) is 0.749. The van der Waals surface area contributed by atoms with Gasteiger partial charge in [0.15, 0.2) is 11.3 Å². The Morgan fingerprint density at radius 2 is 2.07 bits per heavy atom. The van der Waals surface area contributed by atoms with Crippen molar-refractivity contribution in [2.24, 2.45) is 0 Å². The molecule has 0 radical (unpaired) electrons. The number of benzene rings is 1. The molecule has 5 nitrogen and oxygen atoms in total. The molecule has 1 N–H and O–H groups in total. The number of halogens is 2. The molecule has 1 aliphatic rings. The van der Waals surface area contributed by atoms with Crippen LogP contribution in [0.4, 0.5) is 14.5 Å². The van der Waals surface area contributed by atoms with Gasteiger partial charge in [-0.1, -0.05) is 18.1 Å². The number of amides is 1. The van der Waals surface area contributed by atoms with E-state index in [-0.39, 0.29) is 18.4 Å². The van der Waals surface area contributed by atoms with Gasteiger partial charge in [-0.05, 0) is 45.8 Å². The molecule has 7 heteroatoms. The fourth-order valence-electron chi connectivity index (χ4n) is 3.72. The zero-order valence-corrected chi connectivity index (χ0v) is 17.1. The number of para-hydroxylation sites is 1. The van der Waals surface area contributed by atoms with Gasteiger partial charge in [-0.15, -0.1) is 0 Å². The lowest BCUT2D eigenvalue weighted by atomic mass is 10.0. The lowest BCUT2D eigenvalue weighted by Crippen LogP contribution is -2.45. The average molecular weight is 403 g/mol. The van der Waals surface area contributed by atoms with E-state index in [4.69, 9.17) is 4.42 Å². The molecular weight excluding hydrogens is 376 g/mol. The Morgan fingerprint density at radius 3 is 2.69 bits per heavy atom. The molecular formula is C22H27F2N3O2. The summed E-state index contributed by atoms with van der Waals surface area (Å²) in [5.41, 5.74) is 1.80. The first-order valence-electron chi connectivity index (χ1n) is 9.83. The van der Waals surface area contributed by atoms with Crippen LogP contribution >= 0.6 is 0 Å². The zero-order chi connectivity index (χ0) is 21.0. The van der Waals surface area contributed by atoms with Crippen molar-refractivity contribution in [1.29, 1.82) is 0 Å². The van der Waals surface area contributed by atoms with Crippen LogP contribution in [0.5, 0.6) is 0 Å². The maximum absolute atomic E-state index is 13.1. The van der Waals surface area contributed by atoms with Crippen LogP contribution < -0.4 is 5.32 Å². The second-order valence-corrected chi connectivity index (χ2v) is 7.60. The standard InChI is InChI=1S/C22H27F2N3O2/c1-4-6-19-17(13-20(23)24)16-7-5-8-18(22(16)29-19)25-15-9-11-27(12-10-15)21(28)14-26(2)3/h5,7-8,15,20,25H,9-14H2,1-3H3. The fraction of sp³-hybridized carbons (Fsp3) is 0.500. The van der Waals surface area contributed by atoms with Gasteiger partial charge < -0.3 is 19.5 Å². The summed E-state index contributed by atoms with van der Waals surface area (Å²) in [6.45, 7) is 3.46. The smallest absolute Gasteiger partial charge is 0.242 e. The summed E-state index contributed by atoms with van der Waals surface area (Å²) >= 11 is 0.